The first-order valence-electron chi connectivity index (χ1n) is 5.57. The molecule has 1 aromatic rings. The van der Waals surface area contributed by atoms with Crippen molar-refractivity contribution in [3.05, 3.63) is 35.4 Å². The molecule has 1 saturated heterocycles. The number of nitrogens with two attached hydrogens (primary N) is 2. The maximum atomic E-state index is 11.2. The van der Waals surface area contributed by atoms with Gasteiger partial charge in [-0.05, 0) is 24.6 Å². The average Bonchev–Trinajstić information content (AvgIpc) is 2.33. The van der Waals surface area contributed by atoms with Gasteiger partial charge in [-0.25, -0.2) is 0 Å². The molecule has 5 N–H and O–H groups in total. The molecule has 1 heterocycles. The molecule has 1 aliphatic heterocycles. The maximum Gasteiger partial charge on any atom is 0.248 e. The molecule has 17 heavy (non-hydrogen) atoms. The quantitative estimate of drug-likeness (QED) is 0.668. The lowest BCUT2D eigenvalue weighted by Crippen LogP contribution is -2.59. The van der Waals surface area contributed by atoms with Crippen LogP contribution in [0.1, 0.15) is 22.8 Å². The Balaban J connectivity index is 2.38. The molecular formula is C12H17N3O2. The van der Waals surface area contributed by atoms with Gasteiger partial charge in [0.05, 0.1) is 12.8 Å². The van der Waals surface area contributed by atoms with Crippen LogP contribution in [0.4, 0.5) is 0 Å². The summed E-state index contributed by atoms with van der Waals surface area (Å²) in [6.45, 7) is 3.22. The minimum Gasteiger partial charge on any atom is -0.366 e. The van der Waals surface area contributed by atoms with Crippen molar-refractivity contribution in [2.75, 3.05) is 13.2 Å². The highest BCUT2D eigenvalue weighted by Gasteiger charge is 2.37. The van der Waals surface area contributed by atoms with E-state index < -0.39 is 11.5 Å². The van der Waals surface area contributed by atoms with Gasteiger partial charge < -0.3 is 16.2 Å². The van der Waals surface area contributed by atoms with Gasteiger partial charge in [-0.2, -0.15) is 0 Å². The summed E-state index contributed by atoms with van der Waals surface area (Å²) in [7, 11) is 0. The fourth-order valence-electron chi connectivity index (χ4n) is 2.01. The first kappa shape index (κ1) is 12.0. The molecule has 0 spiro atoms. The Bertz CT molecular complexity index is 436. The number of rotatable bonds is 2. The van der Waals surface area contributed by atoms with E-state index in [1.807, 2.05) is 13.0 Å². The second kappa shape index (κ2) is 4.44. The standard InChI is InChI=1S/C12H17N3O2/c1-12(11(14)15-5-6-17-12)9-4-2-3-8(7-9)10(13)16/h2-4,7,11,15H,5-6,14H2,1H3,(H2,13,16)/t11?,12-/m0/s1. The van der Waals surface area contributed by atoms with Gasteiger partial charge in [-0.15, -0.1) is 0 Å². The molecule has 1 unspecified atom stereocenters. The Hall–Kier alpha value is -1.43. The van der Waals surface area contributed by atoms with Crippen molar-refractivity contribution < 1.29 is 9.53 Å². The van der Waals surface area contributed by atoms with Crippen molar-refractivity contribution in [2.45, 2.75) is 18.7 Å². The van der Waals surface area contributed by atoms with Crippen LogP contribution in [0, 0.1) is 0 Å². The van der Waals surface area contributed by atoms with Gasteiger partial charge in [0.25, 0.3) is 0 Å². The summed E-state index contributed by atoms with van der Waals surface area (Å²) >= 11 is 0. The number of benzene rings is 1. The van der Waals surface area contributed by atoms with Crippen LogP contribution in [0.3, 0.4) is 0 Å². The highest BCUT2D eigenvalue weighted by Crippen LogP contribution is 2.29. The molecule has 2 rings (SSSR count). The van der Waals surface area contributed by atoms with Gasteiger partial charge in [0, 0.05) is 12.1 Å². The molecule has 0 aliphatic carbocycles. The van der Waals surface area contributed by atoms with Crippen LogP contribution < -0.4 is 16.8 Å². The van der Waals surface area contributed by atoms with Crippen molar-refractivity contribution in [1.82, 2.24) is 5.32 Å². The maximum absolute atomic E-state index is 11.2. The van der Waals surface area contributed by atoms with Crippen molar-refractivity contribution in [1.29, 1.82) is 0 Å². The van der Waals surface area contributed by atoms with Crippen molar-refractivity contribution in [3.8, 4) is 0 Å². The molecule has 1 fully saturated rings. The summed E-state index contributed by atoms with van der Waals surface area (Å²) in [6.07, 6.45) is -0.306. The highest BCUT2D eigenvalue weighted by atomic mass is 16.5. The first-order valence-corrected chi connectivity index (χ1v) is 5.57. The highest BCUT2D eigenvalue weighted by molar-refractivity contribution is 5.92. The van der Waals surface area contributed by atoms with Gasteiger partial charge in [0.2, 0.25) is 5.91 Å². The average molecular weight is 235 g/mol. The van der Waals surface area contributed by atoms with Crippen LogP contribution >= 0.6 is 0 Å². The lowest BCUT2D eigenvalue weighted by molar-refractivity contribution is -0.0883. The number of hydrogen-bond acceptors (Lipinski definition) is 4. The number of morpholine rings is 1. The normalized spacial score (nSPS) is 28.9. The number of hydrogen-bond donors (Lipinski definition) is 3. The Morgan fingerprint density at radius 2 is 2.35 bits per heavy atom. The van der Waals surface area contributed by atoms with Crippen molar-refractivity contribution >= 4 is 5.91 Å². The topological polar surface area (TPSA) is 90.4 Å². The SMILES string of the molecule is C[C@@]1(c2cccc(C(N)=O)c2)OCCNC1N. The van der Waals surface area contributed by atoms with E-state index in [9.17, 15) is 4.79 Å². The molecule has 1 aromatic carbocycles. The monoisotopic (exact) mass is 235 g/mol. The molecule has 0 radical (unpaired) electrons. The van der Waals surface area contributed by atoms with Gasteiger partial charge in [-0.3, -0.25) is 10.1 Å². The summed E-state index contributed by atoms with van der Waals surface area (Å²) < 4.78 is 5.76. The minimum absolute atomic E-state index is 0.306. The van der Waals surface area contributed by atoms with Crippen LogP contribution in [0.2, 0.25) is 0 Å². The summed E-state index contributed by atoms with van der Waals surface area (Å²) in [6, 6.07) is 7.08. The minimum atomic E-state index is -0.635. The van der Waals surface area contributed by atoms with E-state index in [-0.39, 0.29) is 6.17 Å². The Morgan fingerprint density at radius 1 is 1.59 bits per heavy atom. The second-order valence-corrected chi connectivity index (χ2v) is 4.33. The largest absolute Gasteiger partial charge is 0.366 e. The predicted octanol–water partition coefficient (Wildman–Crippen LogP) is -0.0947. The van der Waals surface area contributed by atoms with Crippen molar-refractivity contribution in [3.63, 3.8) is 0 Å². The molecule has 1 aliphatic rings. The lowest BCUT2D eigenvalue weighted by atomic mass is 9.90. The van der Waals surface area contributed by atoms with E-state index in [0.717, 1.165) is 12.1 Å². The van der Waals surface area contributed by atoms with Gasteiger partial charge >= 0.3 is 0 Å². The third-order valence-electron chi connectivity index (χ3n) is 3.18. The summed E-state index contributed by atoms with van der Waals surface area (Å²) in [4.78, 5) is 11.2. The van der Waals surface area contributed by atoms with E-state index in [4.69, 9.17) is 16.2 Å². The van der Waals surface area contributed by atoms with Gasteiger partial charge in [-0.1, -0.05) is 12.1 Å². The van der Waals surface area contributed by atoms with E-state index in [1.54, 1.807) is 18.2 Å². The molecule has 0 bridgehead atoms. The number of primary amides is 1. The zero-order chi connectivity index (χ0) is 12.5. The predicted molar refractivity (Wildman–Crippen MR) is 64.2 cm³/mol. The van der Waals surface area contributed by atoms with Crippen LogP contribution in [-0.2, 0) is 10.3 Å². The Labute approximate surface area is 100 Å². The molecule has 92 valence electrons. The third kappa shape index (κ3) is 2.17. The van der Waals surface area contributed by atoms with E-state index in [1.165, 1.54) is 0 Å². The van der Waals surface area contributed by atoms with Crippen LogP contribution in [-0.4, -0.2) is 25.2 Å². The van der Waals surface area contributed by atoms with Crippen LogP contribution in [0.15, 0.2) is 24.3 Å². The Kier molecular flexibility index (Phi) is 3.15. The third-order valence-corrected chi connectivity index (χ3v) is 3.18. The van der Waals surface area contributed by atoms with Crippen LogP contribution in [0.25, 0.3) is 0 Å². The summed E-state index contributed by atoms with van der Waals surface area (Å²) in [5.41, 5.74) is 12.0. The van der Waals surface area contributed by atoms with Gasteiger partial charge in [0.1, 0.15) is 5.60 Å². The zero-order valence-electron chi connectivity index (χ0n) is 9.77. The van der Waals surface area contributed by atoms with E-state index in [2.05, 4.69) is 5.32 Å². The summed E-state index contributed by atoms with van der Waals surface area (Å²) in [5.74, 6) is -0.451. The van der Waals surface area contributed by atoms with E-state index in [0.29, 0.717) is 12.2 Å². The molecule has 0 saturated carbocycles. The number of ether oxygens (including phenoxy) is 1. The molecule has 1 amide bonds. The van der Waals surface area contributed by atoms with Gasteiger partial charge in [0.15, 0.2) is 0 Å². The second-order valence-electron chi connectivity index (χ2n) is 4.33. The molecular weight excluding hydrogens is 218 g/mol. The molecule has 5 nitrogen and oxygen atoms in total. The van der Waals surface area contributed by atoms with Crippen molar-refractivity contribution in [2.24, 2.45) is 11.5 Å². The molecule has 5 heteroatoms. The fourth-order valence-corrected chi connectivity index (χ4v) is 2.01. The first-order chi connectivity index (χ1) is 8.04. The number of carbonyl (C=O) groups excluding carboxylic acids is 1. The molecule has 2 atom stereocenters. The zero-order valence-corrected chi connectivity index (χ0v) is 9.77. The van der Waals surface area contributed by atoms with E-state index >= 15 is 0 Å². The lowest BCUT2D eigenvalue weighted by Gasteiger charge is -2.40. The Morgan fingerprint density at radius 3 is 3.00 bits per heavy atom. The summed E-state index contributed by atoms with van der Waals surface area (Å²) in [5, 5.41) is 3.16. The fraction of sp³-hybridized carbons (Fsp3) is 0.417. The number of carbonyl (C=O) groups is 1. The smallest absolute Gasteiger partial charge is 0.248 e. The number of nitrogens with one attached hydrogen (secondary N) is 1. The van der Waals surface area contributed by atoms with Crippen LogP contribution in [0.5, 0.6) is 0 Å². The molecule has 0 aromatic heterocycles. The number of amides is 1.